The highest BCUT2D eigenvalue weighted by molar-refractivity contribution is 5.74. The van der Waals surface area contributed by atoms with E-state index in [0.29, 0.717) is 0 Å². The second-order valence-electron chi connectivity index (χ2n) is 4.39. The number of rotatable bonds is 4. The lowest BCUT2D eigenvalue weighted by molar-refractivity contribution is -0.247. The maximum Gasteiger partial charge on any atom is 0.303 e. The molecule has 1 aliphatic heterocycles. The van der Waals surface area contributed by atoms with Gasteiger partial charge in [0.15, 0.2) is 12.4 Å². The van der Waals surface area contributed by atoms with Crippen molar-refractivity contribution in [3.63, 3.8) is 0 Å². The third-order valence-electron chi connectivity index (χ3n) is 2.67. The number of ether oxygens (including phenoxy) is 4. The zero-order chi connectivity index (χ0) is 15.3. The Balaban J connectivity index is 2.95. The highest BCUT2D eigenvalue weighted by Crippen LogP contribution is 2.22. The van der Waals surface area contributed by atoms with E-state index in [2.05, 4.69) is 5.32 Å². The molecule has 0 bridgehead atoms. The van der Waals surface area contributed by atoms with Crippen LogP contribution >= 0.6 is 0 Å². The number of methoxy groups -OCH3 is 1. The van der Waals surface area contributed by atoms with Crippen molar-refractivity contribution in [2.45, 2.75) is 45.3 Å². The molecule has 1 saturated heterocycles. The van der Waals surface area contributed by atoms with E-state index in [4.69, 9.17) is 18.9 Å². The van der Waals surface area contributed by atoms with Crippen molar-refractivity contribution in [2.24, 2.45) is 0 Å². The molecule has 4 atom stereocenters. The molecule has 0 aromatic carbocycles. The van der Waals surface area contributed by atoms with Crippen LogP contribution in [-0.4, -0.2) is 56.1 Å². The van der Waals surface area contributed by atoms with Gasteiger partial charge in [-0.15, -0.1) is 0 Å². The quantitative estimate of drug-likeness (QED) is 0.687. The van der Waals surface area contributed by atoms with Crippen molar-refractivity contribution in [1.29, 1.82) is 0 Å². The van der Waals surface area contributed by atoms with Gasteiger partial charge in [0, 0.05) is 27.9 Å². The SMILES string of the molecule is CO[C@H]1OC[C@@H](OC(C)=O)[C@@H](NC(C)=O)[C@H]1OC(C)=O. The highest BCUT2D eigenvalue weighted by Gasteiger charge is 2.45. The number of esters is 2. The van der Waals surface area contributed by atoms with E-state index in [0.717, 1.165) is 0 Å². The van der Waals surface area contributed by atoms with E-state index in [-0.39, 0.29) is 12.5 Å². The van der Waals surface area contributed by atoms with Gasteiger partial charge in [0.05, 0.1) is 6.61 Å². The number of nitrogens with one attached hydrogen (secondary N) is 1. The zero-order valence-corrected chi connectivity index (χ0v) is 11.9. The summed E-state index contributed by atoms with van der Waals surface area (Å²) in [5, 5.41) is 2.60. The fraction of sp³-hybridized carbons (Fsp3) is 0.750. The molecule has 0 unspecified atom stereocenters. The smallest absolute Gasteiger partial charge is 0.303 e. The summed E-state index contributed by atoms with van der Waals surface area (Å²) in [7, 11) is 1.39. The fourth-order valence-corrected chi connectivity index (χ4v) is 2.02. The summed E-state index contributed by atoms with van der Waals surface area (Å²) in [6, 6.07) is -0.737. The standard InChI is InChI=1S/C12H19NO7/c1-6(14)13-10-9(19-7(2)15)5-18-12(17-4)11(10)20-8(3)16/h9-12H,5H2,1-4H3,(H,13,14)/t9-,10-,11-,12+/m1/s1. The number of carbonyl (C=O) groups is 3. The monoisotopic (exact) mass is 289 g/mol. The lowest BCUT2D eigenvalue weighted by atomic mass is 10.0. The van der Waals surface area contributed by atoms with Crippen LogP contribution in [0.2, 0.25) is 0 Å². The van der Waals surface area contributed by atoms with Gasteiger partial charge in [-0.3, -0.25) is 14.4 Å². The maximum atomic E-state index is 11.3. The predicted octanol–water partition coefficient (Wildman–Crippen LogP) is -0.643. The minimum Gasteiger partial charge on any atom is -0.458 e. The lowest BCUT2D eigenvalue weighted by Gasteiger charge is -2.40. The van der Waals surface area contributed by atoms with Crippen LogP contribution in [-0.2, 0) is 33.3 Å². The van der Waals surface area contributed by atoms with E-state index in [1.807, 2.05) is 0 Å². The molecule has 1 fully saturated rings. The van der Waals surface area contributed by atoms with E-state index >= 15 is 0 Å². The van der Waals surface area contributed by atoms with Gasteiger partial charge >= 0.3 is 11.9 Å². The predicted molar refractivity (Wildman–Crippen MR) is 65.5 cm³/mol. The number of amides is 1. The molecule has 1 aliphatic rings. The molecule has 0 aliphatic carbocycles. The molecule has 0 spiro atoms. The van der Waals surface area contributed by atoms with Gasteiger partial charge in [0.25, 0.3) is 0 Å². The van der Waals surface area contributed by atoms with Gasteiger partial charge in [-0.05, 0) is 0 Å². The summed E-state index contributed by atoms with van der Waals surface area (Å²) in [5.41, 5.74) is 0. The first-order valence-electron chi connectivity index (χ1n) is 6.11. The van der Waals surface area contributed by atoms with Crippen LogP contribution < -0.4 is 5.32 Å². The second kappa shape index (κ2) is 7.20. The number of hydrogen-bond acceptors (Lipinski definition) is 7. The summed E-state index contributed by atoms with van der Waals surface area (Å²) in [4.78, 5) is 33.6. The summed E-state index contributed by atoms with van der Waals surface area (Å²) in [6.07, 6.45) is -2.51. The molecule has 8 nitrogen and oxygen atoms in total. The molecule has 0 saturated carbocycles. The van der Waals surface area contributed by atoms with Crippen LogP contribution in [0.3, 0.4) is 0 Å². The Hall–Kier alpha value is -1.67. The average Bonchev–Trinajstić information content (AvgIpc) is 2.31. The van der Waals surface area contributed by atoms with Gasteiger partial charge in [0.2, 0.25) is 5.91 Å². The normalized spacial score (nSPS) is 29.4. The largest absolute Gasteiger partial charge is 0.458 e. The van der Waals surface area contributed by atoms with Crippen molar-refractivity contribution in [2.75, 3.05) is 13.7 Å². The van der Waals surface area contributed by atoms with Crippen LogP contribution in [0.1, 0.15) is 20.8 Å². The molecular formula is C12H19NO7. The highest BCUT2D eigenvalue weighted by atomic mass is 16.7. The first-order valence-corrected chi connectivity index (χ1v) is 6.11. The van der Waals surface area contributed by atoms with Gasteiger partial charge in [-0.1, -0.05) is 0 Å². The molecule has 20 heavy (non-hydrogen) atoms. The van der Waals surface area contributed by atoms with Gasteiger partial charge in [-0.25, -0.2) is 0 Å². The first kappa shape index (κ1) is 16.4. The Kier molecular flexibility index (Phi) is 5.90. The molecule has 114 valence electrons. The van der Waals surface area contributed by atoms with E-state index < -0.39 is 36.5 Å². The van der Waals surface area contributed by atoms with E-state index in [9.17, 15) is 14.4 Å². The molecule has 1 heterocycles. The molecular weight excluding hydrogens is 270 g/mol. The topological polar surface area (TPSA) is 100 Å². The van der Waals surface area contributed by atoms with Crippen molar-refractivity contribution in [3.05, 3.63) is 0 Å². The lowest BCUT2D eigenvalue weighted by Crippen LogP contribution is -2.62. The molecule has 8 heteroatoms. The zero-order valence-electron chi connectivity index (χ0n) is 11.9. The minimum absolute atomic E-state index is 0.0286. The van der Waals surface area contributed by atoms with Crippen molar-refractivity contribution in [3.8, 4) is 0 Å². The maximum absolute atomic E-state index is 11.3. The Morgan fingerprint density at radius 1 is 1.10 bits per heavy atom. The summed E-state index contributed by atoms with van der Waals surface area (Å²) in [5.74, 6) is -1.42. The molecule has 0 aromatic rings. The minimum atomic E-state index is -0.903. The number of carbonyl (C=O) groups excluding carboxylic acids is 3. The third kappa shape index (κ3) is 4.46. The van der Waals surface area contributed by atoms with Crippen LogP contribution in [0.5, 0.6) is 0 Å². The van der Waals surface area contributed by atoms with Gasteiger partial charge < -0.3 is 24.3 Å². The summed E-state index contributed by atoms with van der Waals surface area (Å²) >= 11 is 0. The average molecular weight is 289 g/mol. The van der Waals surface area contributed by atoms with Crippen LogP contribution in [0.15, 0.2) is 0 Å². The fourth-order valence-electron chi connectivity index (χ4n) is 2.02. The Labute approximate surface area is 116 Å². The van der Waals surface area contributed by atoms with Crippen LogP contribution in [0.4, 0.5) is 0 Å². The van der Waals surface area contributed by atoms with E-state index in [1.54, 1.807) is 0 Å². The van der Waals surface area contributed by atoms with Crippen LogP contribution in [0, 0.1) is 0 Å². The Morgan fingerprint density at radius 2 is 1.70 bits per heavy atom. The molecule has 1 N–H and O–H groups in total. The van der Waals surface area contributed by atoms with Crippen molar-refractivity contribution < 1.29 is 33.3 Å². The molecule has 1 rings (SSSR count). The van der Waals surface area contributed by atoms with Crippen molar-refractivity contribution >= 4 is 17.8 Å². The van der Waals surface area contributed by atoms with Crippen LogP contribution in [0.25, 0.3) is 0 Å². The summed E-state index contributed by atoms with van der Waals surface area (Å²) in [6.45, 7) is 3.81. The number of hydrogen-bond donors (Lipinski definition) is 1. The third-order valence-corrected chi connectivity index (χ3v) is 2.67. The molecule has 1 amide bonds. The molecule has 0 aromatic heterocycles. The molecule has 0 radical (unpaired) electrons. The van der Waals surface area contributed by atoms with E-state index in [1.165, 1.54) is 27.9 Å². The summed E-state index contributed by atoms with van der Waals surface area (Å²) < 4.78 is 20.6. The van der Waals surface area contributed by atoms with Crippen molar-refractivity contribution in [1.82, 2.24) is 5.32 Å². The first-order chi connectivity index (χ1) is 9.35. The Bertz CT molecular complexity index is 384. The van der Waals surface area contributed by atoms with Gasteiger partial charge in [-0.2, -0.15) is 0 Å². The Morgan fingerprint density at radius 3 is 2.15 bits per heavy atom. The van der Waals surface area contributed by atoms with Gasteiger partial charge in [0.1, 0.15) is 12.1 Å². The second-order valence-corrected chi connectivity index (χ2v) is 4.39.